The monoisotopic (exact) mass is 309 g/mol. The molecule has 1 fully saturated rings. The van der Waals surface area contributed by atoms with Gasteiger partial charge in [-0.1, -0.05) is 13.8 Å². The second kappa shape index (κ2) is 6.52. The lowest BCUT2D eigenvalue weighted by Crippen LogP contribution is -2.52. The first-order chi connectivity index (χ1) is 10.4. The molecule has 0 bridgehead atoms. The van der Waals surface area contributed by atoms with E-state index in [-0.39, 0.29) is 25.0 Å². The van der Waals surface area contributed by atoms with Crippen molar-refractivity contribution in [2.45, 2.75) is 32.6 Å². The summed E-state index contributed by atoms with van der Waals surface area (Å²) < 4.78 is 10.5. The maximum absolute atomic E-state index is 12.7. The van der Waals surface area contributed by atoms with Crippen LogP contribution in [0.15, 0.2) is 16.7 Å². The number of carboxylic acid groups (broad SMARTS) is 1. The van der Waals surface area contributed by atoms with Crippen molar-refractivity contribution >= 4 is 11.9 Å². The summed E-state index contributed by atoms with van der Waals surface area (Å²) in [6.07, 6.45) is 2.67. The molecule has 1 unspecified atom stereocenters. The van der Waals surface area contributed by atoms with Gasteiger partial charge in [0, 0.05) is 26.1 Å². The van der Waals surface area contributed by atoms with E-state index in [1.807, 2.05) is 13.8 Å². The molecule has 2 heterocycles. The lowest BCUT2D eigenvalue weighted by molar-refractivity contribution is -0.155. The summed E-state index contributed by atoms with van der Waals surface area (Å²) in [5.74, 6) is -0.341. The van der Waals surface area contributed by atoms with Crippen LogP contribution in [0.2, 0.25) is 0 Å². The van der Waals surface area contributed by atoms with Crippen molar-refractivity contribution in [3.63, 3.8) is 0 Å². The van der Waals surface area contributed by atoms with Gasteiger partial charge in [0.05, 0.1) is 18.4 Å². The van der Waals surface area contributed by atoms with Crippen LogP contribution in [0.3, 0.4) is 0 Å². The highest BCUT2D eigenvalue weighted by Gasteiger charge is 2.44. The van der Waals surface area contributed by atoms with E-state index in [0.29, 0.717) is 30.7 Å². The molecule has 0 spiro atoms. The third-order valence-corrected chi connectivity index (χ3v) is 4.19. The fourth-order valence-corrected chi connectivity index (χ4v) is 3.05. The summed E-state index contributed by atoms with van der Waals surface area (Å²) >= 11 is 0. The number of nitrogens with zero attached hydrogens (tertiary/aromatic N) is 1. The number of amides is 1. The van der Waals surface area contributed by atoms with Crippen molar-refractivity contribution in [2.24, 2.45) is 5.41 Å². The van der Waals surface area contributed by atoms with Crippen molar-refractivity contribution in [3.05, 3.63) is 23.7 Å². The molecule has 1 aromatic rings. The van der Waals surface area contributed by atoms with E-state index in [1.54, 1.807) is 11.0 Å². The Balaban J connectivity index is 2.23. The lowest BCUT2D eigenvalue weighted by atomic mass is 9.80. The molecule has 122 valence electrons. The summed E-state index contributed by atoms with van der Waals surface area (Å²) in [6, 6.07) is 1.66. The van der Waals surface area contributed by atoms with E-state index in [0.717, 1.165) is 0 Å². The van der Waals surface area contributed by atoms with E-state index in [4.69, 9.17) is 9.15 Å². The van der Waals surface area contributed by atoms with Gasteiger partial charge < -0.3 is 19.2 Å². The molecule has 1 aromatic heterocycles. The van der Waals surface area contributed by atoms with Gasteiger partial charge in [-0.05, 0) is 18.9 Å². The van der Waals surface area contributed by atoms with Crippen molar-refractivity contribution < 1.29 is 23.8 Å². The highest BCUT2D eigenvalue weighted by molar-refractivity contribution is 5.95. The number of furan rings is 1. The summed E-state index contributed by atoms with van der Waals surface area (Å²) in [5.41, 5.74) is -0.502. The molecule has 1 amide bonds. The molecule has 22 heavy (non-hydrogen) atoms. The number of carboxylic acids is 1. The maximum atomic E-state index is 12.7. The first-order valence-corrected chi connectivity index (χ1v) is 7.50. The Bertz CT molecular complexity index is 546. The third kappa shape index (κ3) is 3.02. The number of carbonyl (C=O) groups excluding carboxylic acids is 1. The van der Waals surface area contributed by atoms with Gasteiger partial charge in [0.1, 0.15) is 11.2 Å². The van der Waals surface area contributed by atoms with Crippen LogP contribution in [-0.4, -0.2) is 48.7 Å². The number of likely N-dealkylation sites (tertiary alicyclic amines) is 1. The number of rotatable bonds is 5. The van der Waals surface area contributed by atoms with E-state index >= 15 is 0 Å². The van der Waals surface area contributed by atoms with Crippen molar-refractivity contribution in [1.29, 1.82) is 0 Å². The Morgan fingerprint density at radius 2 is 2.23 bits per heavy atom. The van der Waals surface area contributed by atoms with E-state index in [1.165, 1.54) is 13.4 Å². The Hall–Kier alpha value is -1.82. The molecule has 0 aliphatic carbocycles. The zero-order valence-corrected chi connectivity index (χ0v) is 13.3. The lowest BCUT2D eigenvalue weighted by Gasteiger charge is -2.39. The highest BCUT2D eigenvalue weighted by Crippen LogP contribution is 2.32. The Labute approximate surface area is 130 Å². The van der Waals surface area contributed by atoms with E-state index in [9.17, 15) is 14.7 Å². The molecule has 0 radical (unpaired) electrons. The second-order valence-corrected chi connectivity index (χ2v) is 6.20. The molecule has 0 saturated carbocycles. The van der Waals surface area contributed by atoms with Gasteiger partial charge in [-0.15, -0.1) is 0 Å². The predicted molar refractivity (Wildman–Crippen MR) is 79.9 cm³/mol. The molecular weight excluding hydrogens is 286 g/mol. The maximum Gasteiger partial charge on any atom is 0.313 e. The van der Waals surface area contributed by atoms with Gasteiger partial charge >= 0.3 is 5.97 Å². The fourth-order valence-electron chi connectivity index (χ4n) is 3.05. The number of methoxy groups -OCH3 is 1. The average Bonchev–Trinajstić information content (AvgIpc) is 2.96. The number of hydrogen-bond acceptors (Lipinski definition) is 4. The largest absolute Gasteiger partial charge is 0.481 e. The average molecular weight is 309 g/mol. The Morgan fingerprint density at radius 3 is 2.82 bits per heavy atom. The highest BCUT2D eigenvalue weighted by atomic mass is 16.5. The van der Waals surface area contributed by atoms with Crippen LogP contribution in [-0.2, 0) is 9.53 Å². The molecular formula is C16H23NO5. The van der Waals surface area contributed by atoms with Crippen LogP contribution < -0.4 is 0 Å². The first-order valence-electron chi connectivity index (χ1n) is 7.50. The second-order valence-electron chi connectivity index (χ2n) is 6.20. The first kappa shape index (κ1) is 16.5. The van der Waals surface area contributed by atoms with Crippen LogP contribution in [0.5, 0.6) is 0 Å². The molecule has 0 aromatic carbocycles. The molecule has 1 aliphatic heterocycles. The number of aliphatic carboxylic acids is 1. The zero-order chi connectivity index (χ0) is 16.3. The standard InChI is InChI=1S/C16H23NO5/c1-11(2)13-12(5-8-22-13)14(18)17-7-4-6-16(9-17,10-21-3)15(19)20/h5,8,11H,4,6-7,9-10H2,1-3H3,(H,19,20). The van der Waals surface area contributed by atoms with Gasteiger partial charge in [0.2, 0.25) is 0 Å². The Morgan fingerprint density at radius 1 is 1.50 bits per heavy atom. The van der Waals surface area contributed by atoms with Crippen molar-refractivity contribution in [2.75, 3.05) is 26.8 Å². The number of carbonyl (C=O) groups is 2. The summed E-state index contributed by atoms with van der Waals surface area (Å²) in [7, 11) is 1.48. The molecule has 1 atom stereocenters. The van der Waals surface area contributed by atoms with Crippen LogP contribution in [0.25, 0.3) is 0 Å². The minimum atomic E-state index is -1.02. The van der Waals surface area contributed by atoms with Gasteiger partial charge in [0.15, 0.2) is 0 Å². The summed E-state index contributed by atoms with van der Waals surface area (Å²) in [6.45, 7) is 4.74. The number of ether oxygens (including phenoxy) is 1. The quantitative estimate of drug-likeness (QED) is 0.903. The van der Waals surface area contributed by atoms with Crippen LogP contribution in [0, 0.1) is 5.41 Å². The smallest absolute Gasteiger partial charge is 0.313 e. The fraction of sp³-hybridized carbons (Fsp3) is 0.625. The minimum absolute atomic E-state index is 0.0990. The molecule has 1 saturated heterocycles. The molecule has 2 rings (SSSR count). The molecule has 6 heteroatoms. The topological polar surface area (TPSA) is 80.0 Å². The molecule has 1 aliphatic rings. The van der Waals surface area contributed by atoms with Crippen LogP contribution in [0.1, 0.15) is 48.7 Å². The predicted octanol–water partition coefficient (Wildman–Crippen LogP) is 2.36. The summed E-state index contributed by atoms with van der Waals surface area (Å²) in [5, 5.41) is 9.56. The third-order valence-electron chi connectivity index (χ3n) is 4.19. The van der Waals surface area contributed by atoms with E-state index < -0.39 is 11.4 Å². The normalized spacial score (nSPS) is 22.1. The minimum Gasteiger partial charge on any atom is -0.481 e. The van der Waals surface area contributed by atoms with Gasteiger partial charge in [-0.25, -0.2) is 0 Å². The summed E-state index contributed by atoms with van der Waals surface area (Å²) in [4.78, 5) is 26.0. The van der Waals surface area contributed by atoms with Crippen LogP contribution in [0.4, 0.5) is 0 Å². The van der Waals surface area contributed by atoms with Gasteiger partial charge in [0.25, 0.3) is 5.91 Å². The van der Waals surface area contributed by atoms with Crippen molar-refractivity contribution in [1.82, 2.24) is 4.90 Å². The molecule has 1 N–H and O–H groups in total. The zero-order valence-electron chi connectivity index (χ0n) is 13.3. The van der Waals surface area contributed by atoms with E-state index in [2.05, 4.69) is 0 Å². The van der Waals surface area contributed by atoms with Crippen LogP contribution >= 0.6 is 0 Å². The van der Waals surface area contributed by atoms with Gasteiger partial charge in [-0.3, -0.25) is 9.59 Å². The van der Waals surface area contributed by atoms with Crippen molar-refractivity contribution in [3.8, 4) is 0 Å². The SMILES string of the molecule is COCC1(C(=O)O)CCCN(C(=O)c2ccoc2C(C)C)C1. The number of hydrogen-bond donors (Lipinski definition) is 1. The number of piperidine rings is 1. The Kier molecular flexibility index (Phi) is 4.90. The van der Waals surface area contributed by atoms with Gasteiger partial charge in [-0.2, -0.15) is 0 Å². The molecule has 6 nitrogen and oxygen atoms in total.